The van der Waals surface area contributed by atoms with Crippen molar-refractivity contribution in [2.45, 2.75) is 46.6 Å². The van der Waals surface area contributed by atoms with Crippen LogP contribution < -0.4 is 4.90 Å². The lowest BCUT2D eigenvalue weighted by molar-refractivity contribution is 0.0737. The number of anilines is 1. The van der Waals surface area contributed by atoms with Crippen LogP contribution in [0.4, 0.5) is 23.2 Å². The van der Waals surface area contributed by atoms with Gasteiger partial charge in [0.15, 0.2) is 23.3 Å². The van der Waals surface area contributed by atoms with Crippen molar-refractivity contribution in [1.82, 2.24) is 0 Å². The molecule has 134 valence electrons. The van der Waals surface area contributed by atoms with Gasteiger partial charge in [-0.3, -0.25) is 0 Å². The molecule has 1 rings (SSSR count). The van der Waals surface area contributed by atoms with E-state index in [0.29, 0.717) is 0 Å². The standard InChI is InChI=1S/C18H23F4NO/c1-7-23(6)16-14(21)12(19)11(13(20)15(16)22)8-9-18(5,24)10-17(2,3)4/h24H,7,10H2,1-6H3. The molecule has 0 spiro atoms. The molecule has 0 heterocycles. The molecule has 0 aromatic heterocycles. The molecule has 0 fully saturated rings. The summed E-state index contributed by atoms with van der Waals surface area (Å²) >= 11 is 0. The minimum atomic E-state index is -1.57. The summed E-state index contributed by atoms with van der Waals surface area (Å²) in [5.41, 5.74) is -3.64. The van der Waals surface area contributed by atoms with E-state index in [1.807, 2.05) is 20.8 Å². The summed E-state index contributed by atoms with van der Waals surface area (Å²) in [6, 6.07) is 0. The maximum absolute atomic E-state index is 14.1. The molecule has 0 aliphatic rings. The second-order valence-electron chi connectivity index (χ2n) is 7.26. The van der Waals surface area contributed by atoms with Crippen LogP contribution in [-0.4, -0.2) is 24.3 Å². The minimum absolute atomic E-state index is 0.165. The quantitative estimate of drug-likeness (QED) is 0.503. The number of nitrogens with zero attached hydrogens (tertiary/aromatic N) is 1. The number of benzene rings is 1. The van der Waals surface area contributed by atoms with E-state index in [1.54, 1.807) is 6.92 Å². The lowest BCUT2D eigenvalue weighted by Gasteiger charge is -2.26. The second-order valence-corrected chi connectivity index (χ2v) is 7.26. The Morgan fingerprint density at radius 3 is 1.79 bits per heavy atom. The Hall–Kier alpha value is -1.74. The van der Waals surface area contributed by atoms with Gasteiger partial charge in [-0.25, -0.2) is 17.6 Å². The Morgan fingerprint density at radius 2 is 1.42 bits per heavy atom. The molecule has 0 saturated carbocycles. The fourth-order valence-electron chi connectivity index (χ4n) is 2.50. The summed E-state index contributed by atoms with van der Waals surface area (Å²) in [4.78, 5) is 1.06. The SMILES string of the molecule is CCN(C)c1c(F)c(F)c(C#CC(C)(O)CC(C)(C)C)c(F)c1F. The Balaban J connectivity index is 3.42. The normalized spacial score (nSPS) is 14.0. The first-order valence-corrected chi connectivity index (χ1v) is 7.63. The largest absolute Gasteiger partial charge is 0.378 e. The third-order valence-corrected chi connectivity index (χ3v) is 3.43. The van der Waals surface area contributed by atoms with Gasteiger partial charge in [-0.2, -0.15) is 0 Å². The maximum Gasteiger partial charge on any atom is 0.186 e. The molecule has 0 aliphatic carbocycles. The lowest BCUT2D eigenvalue weighted by atomic mass is 9.83. The van der Waals surface area contributed by atoms with Gasteiger partial charge in [0.25, 0.3) is 0 Å². The fraction of sp³-hybridized carbons (Fsp3) is 0.556. The average molecular weight is 345 g/mol. The highest BCUT2D eigenvalue weighted by molar-refractivity contribution is 5.54. The summed E-state index contributed by atoms with van der Waals surface area (Å²) in [5.74, 6) is -1.77. The number of halogens is 4. The third kappa shape index (κ3) is 4.64. The van der Waals surface area contributed by atoms with Crippen LogP contribution in [0, 0.1) is 40.5 Å². The summed E-state index contributed by atoms with van der Waals surface area (Å²) in [5, 5.41) is 10.2. The van der Waals surface area contributed by atoms with E-state index in [0.717, 1.165) is 4.90 Å². The van der Waals surface area contributed by atoms with E-state index in [4.69, 9.17) is 0 Å². The van der Waals surface area contributed by atoms with Gasteiger partial charge in [-0.15, -0.1) is 0 Å². The van der Waals surface area contributed by atoms with Gasteiger partial charge in [-0.1, -0.05) is 32.6 Å². The first-order valence-electron chi connectivity index (χ1n) is 7.63. The van der Waals surface area contributed by atoms with Crippen LogP contribution in [0.3, 0.4) is 0 Å². The highest BCUT2D eigenvalue weighted by Gasteiger charge is 2.28. The molecule has 1 aromatic carbocycles. The maximum atomic E-state index is 14.1. The Bertz CT molecular complexity index is 652. The van der Waals surface area contributed by atoms with E-state index in [1.165, 1.54) is 14.0 Å². The van der Waals surface area contributed by atoms with E-state index in [-0.39, 0.29) is 18.4 Å². The molecule has 0 aliphatic heterocycles. The van der Waals surface area contributed by atoms with Crippen LogP contribution in [0.15, 0.2) is 0 Å². The second kappa shape index (κ2) is 7.02. The zero-order valence-corrected chi connectivity index (χ0v) is 14.8. The summed E-state index contributed by atoms with van der Waals surface area (Å²) < 4.78 is 56.4. The van der Waals surface area contributed by atoms with Crippen molar-refractivity contribution in [3.63, 3.8) is 0 Å². The van der Waals surface area contributed by atoms with Crippen molar-refractivity contribution < 1.29 is 22.7 Å². The molecule has 24 heavy (non-hydrogen) atoms. The molecule has 0 bridgehead atoms. The molecular formula is C18H23F4NO. The predicted octanol–water partition coefficient (Wildman–Crippen LogP) is 4.24. The monoisotopic (exact) mass is 345 g/mol. The van der Waals surface area contributed by atoms with E-state index < -0.39 is 40.1 Å². The first kappa shape index (κ1) is 20.3. The Morgan fingerprint density at radius 1 is 0.958 bits per heavy atom. The zero-order valence-electron chi connectivity index (χ0n) is 14.8. The molecule has 1 unspecified atom stereocenters. The van der Waals surface area contributed by atoms with Crippen LogP contribution in [-0.2, 0) is 0 Å². The molecule has 0 radical (unpaired) electrons. The van der Waals surface area contributed by atoms with Crippen LogP contribution in [0.25, 0.3) is 0 Å². The van der Waals surface area contributed by atoms with Gasteiger partial charge >= 0.3 is 0 Å². The average Bonchev–Trinajstić information content (AvgIpc) is 2.42. The Labute approximate surface area is 140 Å². The molecule has 0 amide bonds. The van der Waals surface area contributed by atoms with Crippen molar-refractivity contribution in [2.75, 3.05) is 18.5 Å². The number of aliphatic hydroxyl groups is 1. The van der Waals surface area contributed by atoms with Gasteiger partial charge < -0.3 is 10.0 Å². The van der Waals surface area contributed by atoms with Crippen molar-refractivity contribution >= 4 is 5.69 Å². The van der Waals surface area contributed by atoms with Crippen LogP contribution >= 0.6 is 0 Å². The third-order valence-electron chi connectivity index (χ3n) is 3.43. The van der Waals surface area contributed by atoms with Gasteiger partial charge in [0.2, 0.25) is 0 Å². The highest BCUT2D eigenvalue weighted by Crippen LogP contribution is 2.31. The van der Waals surface area contributed by atoms with Gasteiger partial charge in [0.1, 0.15) is 16.9 Å². The first-order chi connectivity index (χ1) is 10.8. The van der Waals surface area contributed by atoms with Crippen LogP contribution in [0.5, 0.6) is 0 Å². The van der Waals surface area contributed by atoms with Gasteiger partial charge in [0, 0.05) is 13.6 Å². The fourth-order valence-corrected chi connectivity index (χ4v) is 2.50. The molecule has 1 atom stereocenters. The predicted molar refractivity (Wildman–Crippen MR) is 86.8 cm³/mol. The van der Waals surface area contributed by atoms with Crippen molar-refractivity contribution in [3.8, 4) is 11.8 Å². The molecule has 0 saturated heterocycles. The Kier molecular flexibility index (Phi) is 5.94. The molecule has 1 aromatic rings. The van der Waals surface area contributed by atoms with Crippen molar-refractivity contribution in [2.24, 2.45) is 5.41 Å². The number of rotatable bonds is 3. The molecule has 2 nitrogen and oxygen atoms in total. The minimum Gasteiger partial charge on any atom is -0.378 e. The topological polar surface area (TPSA) is 23.5 Å². The summed E-state index contributed by atoms with van der Waals surface area (Å²) in [7, 11) is 1.32. The van der Waals surface area contributed by atoms with Gasteiger partial charge in [0.05, 0.1) is 0 Å². The summed E-state index contributed by atoms with van der Waals surface area (Å²) in [6.07, 6.45) is 0.220. The van der Waals surface area contributed by atoms with Crippen molar-refractivity contribution in [1.29, 1.82) is 0 Å². The van der Waals surface area contributed by atoms with Crippen LogP contribution in [0.1, 0.15) is 46.6 Å². The summed E-state index contributed by atoms with van der Waals surface area (Å²) in [6.45, 7) is 8.72. The molecule has 6 heteroatoms. The van der Waals surface area contributed by atoms with Gasteiger partial charge in [-0.05, 0) is 25.7 Å². The lowest BCUT2D eigenvalue weighted by Crippen LogP contribution is -2.28. The zero-order chi connectivity index (χ0) is 18.9. The smallest absolute Gasteiger partial charge is 0.186 e. The number of hydrogen-bond donors (Lipinski definition) is 1. The molecular weight excluding hydrogens is 322 g/mol. The van der Waals surface area contributed by atoms with E-state index in [9.17, 15) is 22.7 Å². The molecule has 1 N–H and O–H groups in total. The van der Waals surface area contributed by atoms with E-state index >= 15 is 0 Å². The number of hydrogen-bond acceptors (Lipinski definition) is 2. The van der Waals surface area contributed by atoms with Crippen molar-refractivity contribution in [3.05, 3.63) is 28.8 Å². The van der Waals surface area contributed by atoms with E-state index in [2.05, 4.69) is 11.8 Å². The van der Waals surface area contributed by atoms with Crippen LogP contribution in [0.2, 0.25) is 0 Å². The highest BCUT2D eigenvalue weighted by atomic mass is 19.2.